The van der Waals surface area contributed by atoms with Gasteiger partial charge in [0, 0.05) is 19.7 Å². The SMILES string of the molecule is C=C(C)c1c(C)c(Br)nc(N(C)C)c1OCc1ccccc1. The number of halogens is 1. The summed E-state index contributed by atoms with van der Waals surface area (Å²) >= 11 is 3.53. The monoisotopic (exact) mass is 360 g/mol. The van der Waals surface area contributed by atoms with E-state index in [1.54, 1.807) is 0 Å². The number of hydrogen-bond donors (Lipinski definition) is 0. The van der Waals surface area contributed by atoms with Crippen LogP contribution in [0.5, 0.6) is 5.75 Å². The number of rotatable bonds is 5. The first-order valence-electron chi connectivity index (χ1n) is 7.11. The van der Waals surface area contributed by atoms with Crippen LogP contribution in [0.4, 0.5) is 5.82 Å². The minimum Gasteiger partial charge on any atom is -0.484 e. The van der Waals surface area contributed by atoms with Crippen LogP contribution < -0.4 is 9.64 Å². The third-order valence-electron chi connectivity index (χ3n) is 3.40. The van der Waals surface area contributed by atoms with Crippen LogP contribution in [0.3, 0.4) is 0 Å². The lowest BCUT2D eigenvalue weighted by Gasteiger charge is -2.22. The number of ether oxygens (including phenoxy) is 1. The van der Waals surface area contributed by atoms with Gasteiger partial charge in [-0.2, -0.15) is 0 Å². The Labute approximate surface area is 140 Å². The van der Waals surface area contributed by atoms with Gasteiger partial charge in [-0.05, 0) is 46.5 Å². The highest BCUT2D eigenvalue weighted by molar-refractivity contribution is 9.10. The Morgan fingerprint density at radius 2 is 1.91 bits per heavy atom. The molecule has 0 fully saturated rings. The number of aromatic nitrogens is 1. The Hall–Kier alpha value is -1.81. The van der Waals surface area contributed by atoms with Gasteiger partial charge in [-0.25, -0.2) is 4.98 Å². The number of anilines is 1. The van der Waals surface area contributed by atoms with Crippen LogP contribution in [-0.4, -0.2) is 19.1 Å². The highest BCUT2D eigenvalue weighted by Gasteiger charge is 2.19. The van der Waals surface area contributed by atoms with Crippen molar-refractivity contribution >= 4 is 27.3 Å². The van der Waals surface area contributed by atoms with E-state index in [-0.39, 0.29) is 0 Å². The number of nitrogens with zero attached hydrogens (tertiary/aromatic N) is 2. The van der Waals surface area contributed by atoms with E-state index < -0.39 is 0 Å². The van der Waals surface area contributed by atoms with Crippen LogP contribution >= 0.6 is 15.9 Å². The van der Waals surface area contributed by atoms with Gasteiger partial charge in [0.25, 0.3) is 0 Å². The van der Waals surface area contributed by atoms with Crippen molar-refractivity contribution in [1.29, 1.82) is 0 Å². The van der Waals surface area contributed by atoms with Crippen molar-refractivity contribution in [3.63, 3.8) is 0 Å². The molecular weight excluding hydrogens is 340 g/mol. The summed E-state index contributed by atoms with van der Waals surface area (Å²) in [6.07, 6.45) is 0. The van der Waals surface area contributed by atoms with Crippen molar-refractivity contribution in [2.75, 3.05) is 19.0 Å². The largest absolute Gasteiger partial charge is 0.484 e. The molecule has 0 amide bonds. The van der Waals surface area contributed by atoms with Crippen LogP contribution in [0.25, 0.3) is 5.57 Å². The van der Waals surface area contributed by atoms with Crippen molar-refractivity contribution in [1.82, 2.24) is 4.98 Å². The maximum Gasteiger partial charge on any atom is 0.172 e. The van der Waals surface area contributed by atoms with Gasteiger partial charge < -0.3 is 9.64 Å². The zero-order valence-corrected chi connectivity index (χ0v) is 15.1. The van der Waals surface area contributed by atoms with Crippen molar-refractivity contribution in [2.24, 2.45) is 0 Å². The molecule has 0 unspecified atom stereocenters. The molecule has 2 aromatic rings. The molecular formula is C18H21BrN2O. The molecule has 1 aromatic heterocycles. The molecule has 4 heteroatoms. The zero-order valence-electron chi connectivity index (χ0n) is 13.5. The molecule has 1 aromatic carbocycles. The van der Waals surface area contributed by atoms with Crippen LogP contribution in [0.1, 0.15) is 23.6 Å². The molecule has 0 atom stereocenters. The zero-order chi connectivity index (χ0) is 16.3. The summed E-state index contributed by atoms with van der Waals surface area (Å²) in [6, 6.07) is 10.1. The number of pyridine rings is 1. The number of benzene rings is 1. The maximum atomic E-state index is 6.13. The third kappa shape index (κ3) is 3.50. The number of hydrogen-bond acceptors (Lipinski definition) is 3. The molecule has 0 aliphatic rings. The molecule has 0 radical (unpaired) electrons. The van der Waals surface area contributed by atoms with Gasteiger partial charge >= 0.3 is 0 Å². The molecule has 0 saturated heterocycles. The van der Waals surface area contributed by atoms with Crippen molar-refractivity contribution in [2.45, 2.75) is 20.5 Å². The van der Waals surface area contributed by atoms with E-state index in [2.05, 4.69) is 39.6 Å². The molecule has 22 heavy (non-hydrogen) atoms. The lowest BCUT2D eigenvalue weighted by Crippen LogP contribution is -2.15. The summed E-state index contributed by atoms with van der Waals surface area (Å²) in [4.78, 5) is 6.56. The second-order valence-electron chi connectivity index (χ2n) is 5.50. The van der Waals surface area contributed by atoms with Gasteiger partial charge in [-0.15, -0.1) is 0 Å². The molecule has 0 saturated carbocycles. The van der Waals surface area contributed by atoms with E-state index in [1.165, 1.54) is 0 Å². The fourth-order valence-electron chi connectivity index (χ4n) is 2.30. The van der Waals surface area contributed by atoms with Crippen LogP contribution in [0, 0.1) is 6.92 Å². The van der Waals surface area contributed by atoms with Gasteiger partial charge in [-0.3, -0.25) is 0 Å². The molecule has 3 nitrogen and oxygen atoms in total. The second-order valence-corrected chi connectivity index (χ2v) is 6.26. The summed E-state index contributed by atoms with van der Waals surface area (Å²) in [6.45, 7) is 8.61. The lowest BCUT2D eigenvalue weighted by atomic mass is 10.0. The predicted molar refractivity (Wildman–Crippen MR) is 96.5 cm³/mol. The summed E-state index contributed by atoms with van der Waals surface area (Å²) < 4.78 is 6.95. The first-order chi connectivity index (χ1) is 10.4. The van der Waals surface area contributed by atoms with Gasteiger partial charge in [0.15, 0.2) is 11.6 Å². The van der Waals surface area contributed by atoms with E-state index >= 15 is 0 Å². The number of allylic oxidation sites excluding steroid dienone is 1. The van der Waals surface area contributed by atoms with Crippen molar-refractivity contribution in [3.05, 3.63) is 58.2 Å². The van der Waals surface area contributed by atoms with Crippen LogP contribution in [0.2, 0.25) is 0 Å². The quantitative estimate of drug-likeness (QED) is 0.714. The molecule has 116 valence electrons. The predicted octanol–water partition coefficient (Wildman–Crippen LogP) is 4.83. The lowest BCUT2D eigenvalue weighted by molar-refractivity contribution is 0.304. The fourth-order valence-corrected chi connectivity index (χ4v) is 2.66. The standard InChI is InChI=1S/C18H21BrN2O/c1-12(2)15-13(3)17(19)20-18(21(4)5)16(15)22-11-14-9-7-6-8-10-14/h6-10H,1,11H2,2-5H3. The molecule has 0 aliphatic heterocycles. The summed E-state index contributed by atoms with van der Waals surface area (Å²) in [5, 5.41) is 0. The minimum absolute atomic E-state index is 0.505. The van der Waals surface area contributed by atoms with Gasteiger partial charge in [-0.1, -0.05) is 36.9 Å². The highest BCUT2D eigenvalue weighted by Crippen LogP contribution is 2.39. The third-order valence-corrected chi connectivity index (χ3v) is 4.17. The summed E-state index contributed by atoms with van der Waals surface area (Å²) in [7, 11) is 3.92. The average Bonchev–Trinajstić information content (AvgIpc) is 2.48. The first kappa shape index (κ1) is 16.6. The summed E-state index contributed by atoms with van der Waals surface area (Å²) in [5.74, 6) is 1.58. The van der Waals surface area contributed by atoms with E-state index in [1.807, 2.05) is 51.0 Å². The minimum atomic E-state index is 0.505. The Bertz CT molecular complexity index is 681. The Morgan fingerprint density at radius 3 is 2.45 bits per heavy atom. The van der Waals surface area contributed by atoms with Crippen LogP contribution in [-0.2, 0) is 6.61 Å². The molecule has 0 bridgehead atoms. The fraction of sp³-hybridized carbons (Fsp3) is 0.278. The maximum absolute atomic E-state index is 6.13. The topological polar surface area (TPSA) is 25.4 Å². The Morgan fingerprint density at radius 1 is 1.27 bits per heavy atom. The normalized spacial score (nSPS) is 10.4. The van der Waals surface area contributed by atoms with Gasteiger partial charge in [0.1, 0.15) is 11.2 Å². The van der Waals surface area contributed by atoms with Crippen LogP contribution in [0.15, 0.2) is 41.5 Å². The van der Waals surface area contributed by atoms with Crippen molar-refractivity contribution < 1.29 is 4.74 Å². The van der Waals surface area contributed by atoms with E-state index in [4.69, 9.17) is 4.74 Å². The summed E-state index contributed by atoms with van der Waals surface area (Å²) in [5.41, 5.74) is 4.15. The van der Waals surface area contributed by atoms with Gasteiger partial charge in [0.2, 0.25) is 0 Å². The molecule has 2 rings (SSSR count). The highest BCUT2D eigenvalue weighted by atomic mass is 79.9. The molecule has 0 spiro atoms. The second kappa shape index (κ2) is 6.97. The molecule has 0 aliphatic carbocycles. The Balaban J connectivity index is 2.47. The van der Waals surface area contributed by atoms with E-state index in [0.29, 0.717) is 6.61 Å². The smallest absolute Gasteiger partial charge is 0.172 e. The van der Waals surface area contributed by atoms with Gasteiger partial charge in [0.05, 0.1) is 0 Å². The molecule has 0 N–H and O–H groups in total. The van der Waals surface area contributed by atoms with E-state index in [0.717, 1.165) is 38.4 Å². The van der Waals surface area contributed by atoms with Crippen molar-refractivity contribution in [3.8, 4) is 5.75 Å². The molecule has 1 heterocycles. The van der Waals surface area contributed by atoms with E-state index in [9.17, 15) is 0 Å². The average molecular weight is 361 g/mol. The first-order valence-corrected chi connectivity index (χ1v) is 7.91. The Kier molecular flexibility index (Phi) is 5.24.